The second-order valence-corrected chi connectivity index (χ2v) is 9.91. The number of esters is 1. The summed E-state index contributed by atoms with van der Waals surface area (Å²) in [6.45, 7) is 1.45. The van der Waals surface area contributed by atoms with E-state index in [-0.39, 0.29) is 18.3 Å². The van der Waals surface area contributed by atoms with Crippen LogP contribution in [0.4, 0.5) is 0 Å². The number of piperidine rings is 1. The lowest BCUT2D eigenvalue weighted by Gasteiger charge is -2.40. The van der Waals surface area contributed by atoms with Crippen molar-refractivity contribution >= 4 is 35.1 Å². The highest BCUT2D eigenvalue weighted by molar-refractivity contribution is 6.35. The van der Waals surface area contributed by atoms with E-state index in [9.17, 15) is 9.59 Å². The lowest BCUT2D eigenvalue weighted by molar-refractivity contribution is -0.157. The summed E-state index contributed by atoms with van der Waals surface area (Å²) in [6, 6.07) is 14.7. The molecule has 1 aliphatic rings. The predicted molar refractivity (Wildman–Crippen MR) is 137 cm³/mol. The van der Waals surface area contributed by atoms with Gasteiger partial charge in [0.2, 0.25) is 5.91 Å². The van der Waals surface area contributed by atoms with Crippen LogP contribution < -0.4 is 0 Å². The zero-order valence-corrected chi connectivity index (χ0v) is 21.4. The number of halogens is 2. The van der Waals surface area contributed by atoms with E-state index < -0.39 is 5.41 Å². The molecule has 1 amide bonds. The van der Waals surface area contributed by atoms with Crippen LogP contribution in [0.1, 0.15) is 35.2 Å². The number of nitriles is 1. The molecule has 186 valence electrons. The van der Waals surface area contributed by atoms with Crippen molar-refractivity contribution in [3.8, 4) is 6.07 Å². The number of aromatic nitrogens is 2. The molecule has 0 unspecified atom stereocenters. The van der Waals surface area contributed by atoms with E-state index in [1.807, 2.05) is 22.8 Å². The highest BCUT2D eigenvalue weighted by Crippen LogP contribution is 2.38. The maximum atomic E-state index is 13.2. The third-order valence-corrected chi connectivity index (χ3v) is 7.39. The van der Waals surface area contributed by atoms with Crippen molar-refractivity contribution in [2.45, 2.75) is 32.2 Å². The van der Waals surface area contributed by atoms with Crippen LogP contribution in [0.15, 0.2) is 55.0 Å². The Morgan fingerprint density at radius 3 is 2.50 bits per heavy atom. The number of carbonyl (C=O) groups excluding carboxylic acids is 2. The summed E-state index contributed by atoms with van der Waals surface area (Å²) < 4.78 is 7.09. The Kier molecular flexibility index (Phi) is 7.97. The summed E-state index contributed by atoms with van der Waals surface area (Å²) in [7, 11) is 1.39. The van der Waals surface area contributed by atoms with E-state index in [4.69, 9.17) is 33.2 Å². The van der Waals surface area contributed by atoms with Gasteiger partial charge in [0.1, 0.15) is 0 Å². The molecule has 0 bridgehead atoms. The van der Waals surface area contributed by atoms with Gasteiger partial charge in [-0.25, -0.2) is 4.98 Å². The summed E-state index contributed by atoms with van der Waals surface area (Å²) >= 11 is 12.4. The second-order valence-electron chi connectivity index (χ2n) is 9.06. The lowest BCUT2D eigenvalue weighted by atomic mass is 9.73. The number of benzene rings is 2. The molecule has 0 spiro atoms. The number of nitrogens with zero attached hydrogens (tertiary/aromatic N) is 4. The first kappa shape index (κ1) is 25.7. The number of carbonyl (C=O) groups is 2. The van der Waals surface area contributed by atoms with Gasteiger partial charge < -0.3 is 14.2 Å². The molecular formula is C27H26Cl2N4O3. The van der Waals surface area contributed by atoms with Gasteiger partial charge in [0.15, 0.2) is 0 Å². The fourth-order valence-electron chi connectivity index (χ4n) is 4.67. The molecule has 0 N–H and O–H groups in total. The molecule has 3 aromatic rings. The van der Waals surface area contributed by atoms with Crippen LogP contribution in [-0.4, -0.2) is 46.5 Å². The van der Waals surface area contributed by atoms with Crippen molar-refractivity contribution in [3.05, 3.63) is 87.4 Å². The molecular weight excluding hydrogens is 499 g/mol. The zero-order chi connectivity index (χ0) is 25.7. The first-order valence-electron chi connectivity index (χ1n) is 11.6. The molecule has 1 aromatic heterocycles. The quantitative estimate of drug-likeness (QED) is 0.418. The van der Waals surface area contributed by atoms with E-state index in [0.717, 1.165) is 16.8 Å². The fourth-order valence-corrected chi connectivity index (χ4v) is 5.14. The topological polar surface area (TPSA) is 88.2 Å². The minimum atomic E-state index is -0.750. The van der Waals surface area contributed by atoms with E-state index in [1.165, 1.54) is 7.11 Å². The highest BCUT2D eigenvalue weighted by atomic mass is 35.5. The molecule has 1 aliphatic heterocycles. The molecule has 9 heteroatoms. The summed E-state index contributed by atoms with van der Waals surface area (Å²) in [5, 5.41) is 10.0. The van der Waals surface area contributed by atoms with Crippen LogP contribution in [0.3, 0.4) is 0 Å². The van der Waals surface area contributed by atoms with Crippen molar-refractivity contribution in [1.82, 2.24) is 14.5 Å². The standard InChI is InChI=1S/C27H26Cl2N4O3/c1-36-26(35)27(14-21-6-7-22(28)12-24(21)29)8-10-32(11-9-27)25(34)13-23-16-31-18-33(23)17-20-4-2-19(15-30)3-5-20/h2-7,12,16,18H,8-11,13-14,17H2,1H3. The van der Waals surface area contributed by atoms with E-state index >= 15 is 0 Å². The van der Waals surface area contributed by atoms with Crippen LogP contribution in [-0.2, 0) is 33.7 Å². The minimum Gasteiger partial charge on any atom is -0.469 e. The van der Waals surface area contributed by atoms with E-state index in [0.29, 0.717) is 54.5 Å². The Balaban J connectivity index is 1.41. The van der Waals surface area contributed by atoms with Crippen molar-refractivity contribution < 1.29 is 14.3 Å². The number of imidazole rings is 1. The highest BCUT2D eigenvalue weighted by Gasteiger charge is 2.43. The van der Waals surface area contributed by atoms with Crippen LogP contribution >= 0.6 is 23.2 Å². The van der Waals surface area contributed by atoms with Gasteiger partial charge in [0, 0.05) is 41.6 Å². The Morgan fingerprint density at radius 2 is 1.86 bits per heavy atom. The SMILES string of the molecule is COC(=O)C1(Cc2ccc(Cl)cc2Cl)CCN(C(=O)Cc2cncn2Cc2ccc(C#N)cc2)CC1. The Bertz CT molecular complexity index is 1290. The number of rotatable bonds is 7. The van der Waals surface area contributed by atoms with E-state index in [1.54, 1.807) is 41.7 Å². The van der Waals surface area contributed by atoms with Gasteiger partial charge in [0.25, 0.3) is 0 Å². The average Bonchev–Trinajstić information content (AvgIpc) is 3.32. The second kappa shape index (κ2) is 11.2. The Morgan fingerprint density at radius 1 is 1.14 bits per heavy atom. The summed E-state index contributed by atoms with van der Waals surface area (Å²) in [6.07, 6.45) is 5.01. The molecule has 36 heavy (non-hydrogen) atoms. The molecule has 0 atom stereocenters. The van der Waals surface area contributed by atoms with Gasteiger partial charge in [-0.2, -0.15) is 5.26 Å². The Labute approximate surface area is 220 Å². The largest absolute Gasteiger partial charge is 0.469 e. The number of ether oxygens (including phenoxy) is 1. The fraction of sp³-hybridized carbons (Fsp3) is 0.333. The van der Waals surface area contributed by atoms with Crippen molar-refractivity contribution in [1.29, 1.82) is 5.26 Å². The first-order valence-corrected chi connectivity index (χ1v) is 12.4. The van der Waals surface area contributed by atoms with Gasteiger partial charge in [0.05, 0.1) is 36.9 Å². The molecule has 4 rings (SSSR count). The lowest BCUT2D eigenvalue weighted by Crippen LogP contribution is -2.48. The minimum absolute atomic E-state index is 0.0143. The van der Waals surface area contributed by atoms with Crippen molar-refractivity contribution in [3.63, 3.8) is 0 Å². The average molecular weight is 525 g/mol. The number of hydrogen-bond acceptors (Lipinski definition) is 5. The number of likely N-dealkylation sites (tertiary alicyclic amines) is 1. The predicted octanol–water partition coefficient (Wildman–Crippen LogP) is 4.68. The molecule has 0 radical (unpaired) electrons. The molecule has 1 saturated heterocycles. The molecule has 1 fully saturated rings. The van der Waals surface area contributed by atoms with E-state index in [2.05, 4.69) is 11.1 Å². The summed E-state index contributed by atoms with van der Waals surface area (Å²) in [4.78, 5) is 32.0. The van der Waals surface area contributed by atoms with Crippen LogP contribution in [0.2, 0.25) is 10.0 Å². The molecule has 7 nitrogen and oxygen atoms in total. The monoisotopic (exact) mass is 524 g/mol. The molecule has 2 heterocycles. The normalized spacial score (nSPS) is 14.8. The molecule has 0 aliphatic carbocycles. The first-order chi connectivity index (χ1) is 17.3. The maximum Gasteiger partial charge on any atom is 0.312 e. The van der Waals surface area contributed by atoms with Crippen LogP contribution in [0, 0.1) is 16.7 Å². The Hall–Kier alpha value is -3.34. The summed E-state index contributed by atoms with van der Waals surface area (Å²) in [5.41, 5.74) is 2.51. The molecule has 2 aromatic carbocycles. The van der Waals surface area contributed by atoms with Gasteiger partial charge >= 0.3 is 5.97 Å². The van der Waals surface area contributed by atoms with Crippen LogP contribution in [0.5, 0.6) is 0 Å². The smallest absolute Gasteiger partial charge is 0.312 e. The van der Waals surface area contributed by atoms with Gasteiger partial charge in [-0.1, -0.05) is 41.4 Å². The van der Waals surface area contributed by atoms with Gasteiger partial charge in [-0.15, -0.1) is 0 Å². The molecule has 0 saturated carbocycles. The third kappa shape index (κ3) is 5.72. The summed E-state index contributed by atoms with van der Waals surface area (Å²) in [5.74, 6) is -0.305. The number of methoxy groups -OCH3 is 1. The zero-order valence-electron chi connectivity index (χ0n) is 19.9. The van der Waals surface area contributed by atoms with Gasteiger partial charge in [-0.3, -0.25) is 9.59 Å². The number of amides is 1. The number of hydrogen-bond donors (Lipinski definition) is 0. The van der Waals surface area contributed by atoms with Crippen molar-refractivity contribution in [2.24, 2.45) is 5.41 Å². The maximum absolute atomic E-state index is 13.2. The third-order valence-electron chi connectivity index (χ3n) is 6.80. The van der Waals surface area contributed by atoms with Gasteiger partial charge in [-0.05, 0) is 54.7 Å². The van der Waals surface area contributed by atoms with Crippen LogP contribution in [0.25, 0.3) is 0 Å². The van der Waals surface area contributed by atoms with Crippen molar-refractivity contribution in [2.75, 3.05) is 20.2 Å².